The van der Waals surface area contributed by atoms with Crippen molar-refractivity contribution in [3.63, 3.8) is 0 Å². The largest absolute Gasteiger partial charge is 0.331 e. The van der Waals surface area contributed by atoms with Crippen LogP contribution in [0.4, 0.5) is 16.8 Å². The first kappa shape index (κ1) is 16.4. The van der Waals surface area contributed by atoms with Crippen molar-refractivity contribution in [2.45, 2.75) is 13.8 Å². The van der Waals surface area contributed by atoms with Crippen LogP contribution in [0, 0.1) is 13.8 Å². The maximum atomic E-state index is 6.15. The standard InChI is InChI=1S/C16H15ClN6S/c1-10-8-11(2)20-15(19-10)23-18-9-13-14(17)22-16(24-13)21-12-6-4-3-5-7-12/h3-9H,1-2H3,(H,21,22)(H,19,20,23)/b18-9-. The van der Waals surface area contributed by atoms with Gasteiger partial charge in [0, 0.05) is 17.1 Å². The summed E-state index contributed by atoms with van der Waals surface area (Å²) in [6.07, 6.45) is 1.61. The van der Waals surface area contributed by atoms with Crippen LogP contribution in [0.2, 0.25) is 5.15 Å². The average Bonchev–Trinajstić information content (AvgIpc) is 2.87. The highest BCUT2D eigenvalue weighted by molar-refractivity contribution is 7.17. The number of aryl methyl sites for hydroxylation is 2. The molecule has 0 aliphatic heterocycles. The molecule has 0 aliphatic carbocycles. The molecule has 0 spiro atoms. The van der Waals surface area contributed by atoms with Gasteiger partial charge in [-0.2, -0.15) is 5.10 Å². The lowest BCUT2D eigenvalue weighted by molar-refractivity contribution is 1.04. The number of nitrogens with zero attached hydrogens (tertiary/aromatic N) is 4. The Labute approximate surface area is 148 Å². The average molecular weight is 359 g/mol. The summed E-state index contributed by atoms with van der Waals surface area (Å²) in [5.41, 5.74) is 5.52. The number of benzene rings is 1. The van der Waals surface area contributed by atoms with E-state index in [0.717, 1.165) is 22.0 Å². The molecule has 0 atom stereocenters. The molecule has 2 N–H and O–H groups in total. The molecule has 0 radical (unpaired) electrons. The number of thiazole rings is 1. The Morgan fingerprint density at radius 3 is 2.50 bits per heavy atom. The van der Waals surface area contributed by atoms with E-state index >= 15 is 0 Å². The van der Waals surface area contributed by atoms with Gasteiger partial charge < -0.3 is 5.32 Å². The van der Waals surface area contributed by atoms with Crippen molar-refractivity contribution in [1.82, 2.24) is 15.0 Å². The molecule has 0 fully saturated rings. The van der Waals surface area contributed by atoms with Crippen LogP contribution >= 0.6 is 22.9 Å². The molecule has 3 rings (SSSR count). The Morgan fingerprint density at radius 2 is 1.79 bits per heavy atom. The monoisotopic (exact) mass is 358 g/mol. The molecule has 24 heavy (non-hydrogen) atoms. The molecular weight excluding hydrogens is 344 g/mol. The summed E-state index contributed by atoms with van der Waals surface area (Å²) in [4.78, 5) is 13.5. The van der Waals surface area contributed by atoms with Gasteiger partial charge in [-0.15, -0.1) is 0 Å². The van der Waals surface area contributed by atoms with Crippen LogP contribution < -0.4 is 10.7 Å². The number of anilines is 3. The highest BCUT2D eigenvalue weighted by Gasteiger charge is 2.07. The van der Waals surface area contributed by atoms with Gasteiger partial charge in [0.15, 0.2) is 10.3 Å². The highest BCUT2D eigenvalue weighted by Crippen LogP contribution is 2.27. The zero-order valence-corrected chi connectivity index (χ0v) is 14.7. The van der Waals surface area contributed by atoms with Gasteiger partial charge in [0.25, 0.3) is 0 Å². The van der Waals surface area contributed by atoms with Crippen molar-refractivity contribution < 1.29 is 0 Å². The van der Waals surface area contributed by atoms with Crippen LogP contribution in [0.1, 0.15) is 16.3 Å². The molecule has 6 nitrogen and oxygen atoms in total. The summed E-state index contributed by atoms with van der Waals surface area (Å²) in [5.74, 6) is 0.451. The van der Waals surface area contributed by atoms with E-state index in [-0.39, 0.29) is 0 Å². The molecule has 0 unspecified atom stereocenters. The molecule has 0 saturated carbocycles. The second-order valence-corrected chi connectivity index (χ2v) is 6.40. The van der Waals surface area contributed by atoms with Gasteiger partial charge in [-0.1, -0.05) is 41.1 Å². The Balaban J connectivity index is 1.69. The Kier molecular flexibility index (Phi) is 5.02. The number of hydrogen-bond acceptors (Lipinski definition) is 7. The van der Waals surface area contributed by atoms with Gasteiger partial charge >= 0.3 is 0 Å². The van der Waals surface area contributed by atoms with Gasteiger partial charge in [0.2, 0.25) is 5.95 Å². The molecule has 0 bridgehead atoms. The van der Waals surface area contributed by atoms with E-state index in [2.05, 4.69) is 30.8 Å². The normalized spacial score (nSPS) is 11.0. The van der Waals surface area contributed by atoms with E-state index in [1.54, 1.807) is 6.21 Å². The van der Waals surface area contributed by atoms with Crippen molar-refractivity contribution in [2.24, 2.45) is 5.10 Å². The molecule has 2 heterocycles. The Morgan fingerprint density at radius 1 is 1.08 bits per heavy atom. The second kappa shape index (κ2) is 7.37. The minimum atomic E-state index is 0.394. The minimum Gasteiger partial charge on any atom is -0.331 e. The van der Waals surface area contributed by atoms with E-state index in [1.807, 2.05) is 50.2 Å². The predicted molar refractivity (Wildman–Crippen MR) is 99.6 cm³/mol. The molecule has 2 aromatic heterocycles. The van der Waals surface area contributed by atoms with E-state index in [4.69, 9.17) is 11.6 Å². The topological polar surface area (TPSA) is 75.1 Å². The van der Waals surface area contributed by atoms with Crippen LogP contribution in [0.3, 0.4) is 0 Å². The molecule has 0 amide bonds. The fourth-order valence-electron chi connectivity index (χ4n) is 2.02. The van der Waals surface area contributed by atoms with Gasteiger partial charge in [0.05, 0.1) is 11.1 Å². The number of aromatic nitrogens is 3. The summed E-state index contributed by atoms with van der Waals surface area (Å²) >= 11 is 7.56. The summed E-state index contributed by atoms with van der Waals surface area (Å²) in [7, 11) is 0. The molecule has 122 valence electrons. The summed E-state index contributed by atoms with van der Waals surface area (Å²) in [6, 6.07) is 11.7. The van der Waals surface area contributed by atoms with Gasteiger partial charge in [-0.05, 0) is 32.0 Å². The third-order valence-electron chi connectivity index (χ3n) is 2.96. The molecule has 0 saturated heterocycles. The zero-order chi connectivity index (χ0) is 16.9. The van der Waals surface area contributed by atoms with E-state index in [9.17, 15) is 0 Å². The lowest BCUT2D eigenvalue weighted by Crippen LogP contribution is -1.99. The number of rotatable bonds is 5. The highest BCUT2D eigenvalue weighted by atomic mass is 35.5. The Bertz CT molecular complexity index is 842. The predicted octanol–water partition coefficient (Wildman–Crippen LogP) is 4.39. The maximum absolute atomic E-state index is 6.15. The molecule has 8 heteroatoms. The fraction of sp³-hybridized carbons (Fsp3) is 0.125. The summed E-state index contributed by atoms with van der Waals surface area (Å²) in [6.45, 7) is 3.82. The molecular formula is C16H15ClN6S. The van der Waals surface area contributed by atoms with Gasteiger partial charge in [0.1, 0.15) is 0 Å². The Hall–Kier alpha value is -2.51. The first-order valence-corrected chi connectivity index (χ1v) is 8.39. The lowest BCUT2D eigenvalue weighted by atomic mass is 10.3. The van der Waals surface area contributed by atoms with Crippen LogP contribution in [0.5, 0.6) is 0 Å². The van der Waals surface area contributed by atoms with Crippen molar-refractivity contribution in [3.8, 4) is 0 Å². The first-order chi connectivity index (χ1) is 11.6. The molecule has 1 aromatic carbocycles. The van der Waals surface area contributed by atoms with E-state index < -0.39 is 0 Å². The third kappa shape index (κ3) is 4.27. The second-order valence-electron chi connectivity index (χ2n) is 5.01. The van der Waals surface area contributed by atoms with Crippen molar-refractivity contribution in [2.75, 3.05) is 10.7 Å². The van der Waals surface area contributed by atoms with Crippen LogP contribution in [-0.4, -0.2) is 21.2 Å². The van der Waals surface area contributed by atoms with E-state index in [0.29, 0.717) is 16.2 Å². The van der Waals surface area contributed by atoms with Crippen molar-refractivity contribution in [1.29, 1.82) is 0 Å². The van der Waals surface area contributed by atoms with Crippen LogP contribution in [-0.2, 0) is 0 Å². The molecule has 3 aromatic rings. The quantitative estimate of drug-likeness (QED) is 0.522. The summed E-state index contributed by atoms with van der Waals surface area (Å²) < 4.78 is 0. The van der Waals surface area contributed by atoms with Crippen molar-refractivity contribution in [3.05, 3.63) is 57.8 Å². The first-order valence-electron chi connectivity index (χ1n) is 7.20. The third-order valence-corrected chi connectivity index (χ3v) is 4.27. The number of para-hydroxylation sites is 1. The fourth-order valence-corrected chi connectivity index (χ4v) is 3.06. The van der Waals surface area contributed by atoms with Gasteiger partial charge in [-0.25, -0.2) is 20.4 Å². The summed E-state index contributed by atoms with van der Waals surface area (Å²) in [5, 5.41) is 8.44. The smallest absolute Gasteiger partial charge is 0.243 e. The number of nitrogens with one attached hydrogen (secondary N) is 2. The van der Waals surface area contributed by atoms with Crippen LogP contribution in [0.25, 0.3) is 0 Å². The zero-order valence-electron chi connectivity index (χ0n) is 13.1. The number of hydrogen-bond donors (Lipinski definition) is 2. The van der Waals surface area contributed by atoms with Gasteiger partial charge in [-0.3, -0.25) is 0 Å². The van der Waals surface area contributed by atoms with E-state index in [1.165, 1.54) is 11.3 Å². The number of halogens is 1. The minimum absolute atomic E-state index is 0.394. The molecule has 0 aliphatic rings. The number of hydrazone groups is 1. The maximum Gasteiger partial charge on any atom is 0.243 e. The lowest BCUT2D eigenvalue weighted by Gasteiger charge is -2.01. The van der Waals surface area contributed by atoms with Crippen molar-refractivity contribution >= 4 is 45.9 Å². The SMILES string of the molecule is Cc1cc(C)nc(N/N=C\c2sc(Nc3ccccc3)nc2Cl)n1. The van der Waals surface area contributed by atoms with Crippen LogP contribution in [0.15, 0.2) is 41.5 Å².